The largest absolute Gasteiger partial charge is 0.394 e. The zero-order valence-electron chi connectivity index (χ0n) is 10.8. The Morgan fingerprint density at radius 2 is 1.83 bits per heavy atom. The molecule has 2 amide bonds. The van der Waals surface area contributed by atoms with E-state index in [9.17, 15) is 9.59 Å². The molecular formula is C13H18N2O3. The van der Waals surface area contributed by atoms with Crippen molar-refractivity contribution in [1.29, 1.82) is 0 Å². The molecule has 0 heterocycles. The molecular weight excluding hydrogens is 232 g/mol. The summed E-state index contributed by atoms with van der Waals surface area (Å²) in [5, 5.41) is 14.0. The SMILES string of the molecule is Cc1ccccc1NC(=O)C(=O)NC(C)(C)CO. The van der Waals surface area contributed by atoms with Crippen LogP contribution in [-0.2, 0) is 9.59 Å². The highest BCUT2D eigenvalue weighted by Gasteiger charge is 2.23. The fourth-order valence-corrected chi connectivity index (χ4v) is 1.30. The molecule has 1 aromatic carbocycles. The van der Waals surface area contributed by atoms with Gasteiger partial charge in [-0.3, -0.25) is 9.59 Å². The van der Waals surface area contributed by atoms with Crippen molar-refractivity contribution >= 4 is 17.5 Å². The molecule has 0 aromatic heterocycles. The first-order valence-electron chi connectivity index (χ1n) is 5.66. The zero-order chi connectivity index (χ0) is 13.8. The first-order valence-corrected chi connectivity index (χ1v) is 5.66. The molecule has 18 heavy (non-hydrogen) atoms. The molecule has 98 valence electrons. The molecule has 0 unspecified atom stereocenters. The maximum Gasteiger partial charge on any atom is 0.313 e. The fourth-order valence-electron chi connectivity index (χ4n) is 1.30. The Labute approximate surface area is 106 Å². The average molecular weight is 250 g/mol. The molecule has 1 aromatic rings. The highest BCUT2D eigenvalue weighted by Crippen LogP contribution is 2.12. The van der Waals surface area contributed by atoms with Gasteiger partial charge in [0, 0.05) is 5.69 Å². The van der Waals surface area contributed by atoms with Gasteiger partial charge in [0.15, 0.2) is 0 Å². The minimum atomic E-state index is -0.819. The third-order valence-electron chi connectivity index (χ3n) is 2.45. The van der Waals surface area contributed by atoms with Crippen molar-refractivity contribution in [3.05, 3.63) is 29.8 Å². The standard InChI is InChI=1S/C13H18N2O3/c1-9-6-4-5-7-10(9)14-11(17)12(18)15-13(2,3)8-16/h4-7,16H,8H2,1-3H3,(H,14,17)(H,15,18). The third-order valence-corrected chi connectivity index (χ3v) is 2.45. The Hall–Kier alpha value is -1.88. The van der Waals surface area contributed by atoms with E-state index in [2.05, 4.69) is 10.6 Å². The van der Waals surface area contributed by atoms with Crippen LogP contribution in [0.25, 0.3) is 0 Å². The van der Waals surface area contributed by atoms with E-state index in [-0.39, 0.29) is 6.61 Å². The second-order valence-electron chi connectivity index (χ2n) is 4.77. The lowest BCUT2D eigenvalue weighted by molar-refractivity contribution is -0.137. The van der Waals surface area contributed by atoms with Crippen LogP contribution in [-0.4, -0.2) is 29.1 Å². The highest BCUT2D eigenvalue weighted by atomic mass is 16.3. The summed E-state index contributed by atoms with van der Waals surface area (Å²) in [6, 6.07) is 7.18. The summed E-state index contributed by atoms with van der Waals surface area (Å²) in [4.78, 5) is 23.3. The van der Waals surface area contributed by atoms with E-state index in [0.717, 1.165) is 5.56 Å². The van der Waals surface area contributed by atoms with Gasteiger partial charge in [0.25, 0.3) is 0 Å². The van der Waals surface area contributed by atoms with Crippen LogP contribution in [0.2, 0.25) is 0 Å². The molecule has 1 rings (SSSR count). The Bertz CT molecular complexity index is 455. The summed E-state index contributed by atoms with van der Waals surface area (Å²) in [5.74, 6) is -1.51. The van der Waals surface area contributed by atoms with Gasteiger partial charge in [0.2, 0.25) is 0 Å². The fraction of sp³-hybridized carbons (Fsp3) is 0.385. The maximum absolute atomic E-state index is 11.7. The van der Waals surface area contributed by atoms with Gasteiger partial charge in [-0.15, -0.1) is 0 Å². The van der Waals surface area contributed by atoms with E-state index in [1.807, 2.05) is 19.1 Å². The maximum atomic E-state index is 11.7. The predicted molar refractivity (Wildman–Crippen MR) is 69.1 cm³/mol. The van der Waals surface area contributed by atoms with Gasteiger partial charge in [-0.05, 0) is 32.4 Å². The van der Waals surface area contributed by atoms with Gasteiger partial charge in [-0.25, -0.2) is 0 Å². The molecule has 5 heteroatoms. The summed E-state index contributed by atoms with van der Waals surface area (Å²) < 4.78 is 0. The lowest BCUT2D eigenvalue weighted by Gasteiger charge is -2.22. The van der Waals surface area contributed by atoms with Gasteiger partial charge in [-0.1, -0.05) is 18.2 Å². The third kappa shape index (κ3) is 3.85. The number of aliphatic hydroxyl groups is 1. The number of anilines is 1. The van der Waals surface area contributed by atoms with Crippen molar-refractivity contribution in [2.45, 2.75) is 26.3 Å². The first kappa shape index (κ1) is 14.2. The number of aliphatic hydroxyl groups excluding tert-OH is 1. The van der Waals surface area contributed by atoms with Crippen molar-refractivity contribution in [3.8, 4) is 0 Å². The second-order valence-corrected chi connectivity index (χ2v) is 4.77. The number of carbonyl (C=O) groups is 2. The van der Waals surface area contributed by atoms with Crippen LogP contribution in [0.15, 0.2) is 24.3 Å². The molecule has 0 bridgehead atoms. The Morgan fingerprint density at radius 3 is 2.39 bits per heavy atom. The summed E-state index contributed by atoms with van der Waals surface area (Å²) in [5.41, 5.74) is 0.652. The molecule has 0 atom stereocenters. The summed E-state index contributed by atoms with van der Waals surface area (Å²) in [6.07, 6.45) is 0. The number of para-hydroxylation sites is 1. The lowest BCUT2D eigenvalue weighted by Crippen LogP contribution is -2.50. The monoisotopic (exact) mass is 250 g/mol. The lowest BCUT2D eigenvalue weighted by atomic mass is 10.1. The van der Waals surface area contributed by atoms with Crippen molar-refractivity contribution < 1.29 is 14.7 Å². The molecule has 0 aliphatic carbocycles. The van der Waals surface area contributed by atoms with Crippen molar-refractivity contribution in [3.63, 3.8) is 0 Å². The quantitative estimate of drug-likeness (QED) is 0.695. The number of nitrogens with one attached hydrogen (secondary N) is 2. The van der Waals surface area contributed by atoms with Gasteiger partial charge in [0.1, 0.15) is 0 Å². The topological polar surface area (TPSA) is 78.4 Å². The molecule has 0 spiro atoms. The van der Waals surface area contributed by atoms with Gasteiger partial charge < -0.3 is 15.7 Å². The van der Waals surface area contributed by atoms with Crippen LogP contribution >= 0.6 is 0 Å². The normalized spacial score (nSPS) is 10.9. The van der Waals surface area contributed by atoms with Crippen LogP contribution in [0.5, 0.6) is 0 Å². The molecule has 0 fully saturated rings. The van der Waals surface area contributed by atoms with E-state index in [1.54, 1.807) is 26.0 Å². The number of aryl methyl sites for hydroxylation is 1. The zero-order valence-corrected chi connectivity index (χ0v) is 10.8. The molecule has 0 saturated carbocycles. The number of hydrogen-bond acceptors (Lipinski definition) is 3. The molecule has 0 saturated heterocycles. The van der Waals surface area contributed by atoms with Crippen molar-refractivity contribution in [1.82, 2.24) is 5.32 Å². The number of carbonyl (C=O) groups excluding carboxylic acids is 2. The highest BCUT2D eigenvalue weighted by molar-refractivity contribution is 6.39. The average Bonchev–Trinajstić information content (AvgIpc) is 2.31. The molecule has 5 nitrogen and oxygen atoms in total. The molecule has 0 aliphatic rings. The second kappa shape index (κ2) is 5.64. The van der Waals surface area contributed by atoms with Crippen LogP contribution in [0.4, 0.5) is 5.69 Å². The minimum Gasteiger partial charge on any atom is -0.394 e. The van der Waals surface area contributed by atoms with Gasteiger partial charge >= 0.3 is 11.8 Å². The van der Waals surface area contributed by atoms with Crippen LogP contribution in [0, 0.1) is 6.92 Å². The van der Waals surface area contributed by atoms with Gasteiger partial charge in [-0.2, -0.15) is 0 Å². The summed E-state index contributed by atoms with van der Waals surface area (Å²) in [6.45, 7) is 4.86. The number of benzene rings is 1. The summed E-state index contributed by atoms with van der Waals surface area (Å²) in [7, 11) is 0. The smallest absolute Gasteiger partial charge is 0.313 e. The van der Waals surface area contributed by atoms with Gasteiger partial charge in [0.05, 0.1) is 12.1 Å². The number of hydrogen-bond donors (Lipinski definition) is 3. The van der Waals surface area contributed by atoms with E-state index >= 15 is 0 Å². The molecule has 0 aliphatic heterocycles. The van der Waals surface area contributed by atoms with Crippen LogP contribution in [0.3, 0.4) is 0 Å². The van der Waals surface area contributed by atoms with Crippen LogP contribution < -0.4 is 10.6 Å². The first-order chi connectivity index (χ1) is 8.35. The predicted octanol–water partition coefficient (Wildman–Crippen LogP) is 0.821. The minimum absolute atomic E-state index is 0.240. The van der Waals surface area contributed by atoms with E-state index < -0.39 is 17.4 Å². The Kier molecular flexibility index (Phi) is 4.44. The Morgan fingerprint density at radius 1 is 1.22 bits per heavy atom. The number of rotatable bonds is 3. The van der Waals surface area contributed by atoms with E-state index in [0.29, 0.717) is 5.69 Å². The van der Waals surface area contributed by atoms with E-state index in [1.165, 1.54) is 0 Å². The van der Waals surface area contributed by atoms with Crippen molar-refractivity contribution in [2.24, 2.45) is 0 Å². The Balaban J connectivity index is 2.67. The summed E-state index contributed by atoms with van der Waals surface area (Å²) >= 11 is 0. The number of amides is 2. The molecule has 0 radical (unpaired) electrons. The molecule has 3 N–H and O–H groups in total. The van der Waals surface area contributed by atoms with Crippen LogP contribution in [0.1, 0.15) is 19.4 Å². The van der Waals surface area contributed by atoms with E-state index in [4.69, 9.17) is 5.11 Å². The van der Waals surface area contributed by atoms with Crippen molar-refractivity contribution in [2.75, 3.05) is 11.9 Å².